The van der Waals surface area contributed by atoms with Crippen LogP contribution in [-0.4, -0.2) is 13.7 Å². The number of rotatable bonds is 5. The van der Waals surface area contributed by atoms with Crippen LogP contribution in [-0.2, 0) is 0 Å². The minimum atomic E-state index is -0.407. The highest BCUT2D eigenvalue weighted by Crippen LogP contribution is 2.26. The van der Waals surface area contributed by atoms with Crippen LogP contribution in [0, 0.1) is 11.6 Å². The predicted octanol–water partition coefficient (Wildman–Crippen LogP) is 3.67. The normalized spacial score (nSPS) is 12.2. The summed E-state index contributed by atoms with van der Waals surface area (Å²) in [4.78, 5) is 0. The lowest BCUT2D eigenvalue weighted by atomic mass is 9.98. The molecule has 20 heavy (non-hydrogen) atoms. The van der Waals surface area contributed by atoms with E-state index < -0.39 is 5.82 Å². The second-order valence-corrected chi connectivity index (χ2v) is 4.44. The van der Waals surface area contributed by atoms with E-state index in [0.717, 1.165) is 17.7 Å². The van der Waals surface area contributed by atoms with Crippen molar-refractivity contribution in [3.63, 3.8) is 0 Å². The van der Waals surface area contributed by atoms with Gasteiger partial charge in [-0.25, -0.2) is 8.78 Å². The van der Waals surface area contributed by atoms with E-state index in [-0.39, 0.29) is 17.6 Å². The summed E-state index contributed by atoms with van der Waals surface area (Å²) in [5, 5.41) is 3.27. The first-order valence-corrected chi connectivity index (χ1v) is 6.48. The van der Waals surface area contributed by atoms with Crippen molar-refractivity contribution in [1.29, 1.82) is 0 Å². The third kappa shape index (κ3) is 3.14. The lowest BCUT2D eigenvalue weighted by Crippen LogP contribution is -2.22. The Bertz CT molecular complexity index is 569. The van der Waals surface area contributed by atoms with E-state index in [1.165, 1.54) is 25.3 Å². The van der Waals surface area contributed by atoms with Gasteiger partial charge >= 0.3 is 0 Å². The summed E-state index contributed by atoms with van der Waals surface area (Å²) >= 11 is 0. The average Bonchev–Trinajstić information content (AvgIpc) is 2.46. The van der Waals surface area contributed by atoms with Crippen molar-refractivity contribution >= 4 is 0 Å². The fourth-order valence-electron chi connectivity index (χ4n) is 2.15. The molecule has 0 amide bonds. The molecule has 4 heteroatoms. The number of nitrogens with one attached hydrogen (secondary N) is 1. The molecule has 0 saturated carbocycles. The van der Waals surface area contributed by atoms with E-state index in [1.807, 2.05) is 6.92 Å². The standard InChI is InChI=1S/C16H17F2NO/c1-3-19-16(11-4-7-13(17)8-5-11)12-6-9-15(20-2)14(18)10-12/h4-10,16,19H,3H2,1-2H3. The molecule has 2 nitrogen and oxygen atoms in total. The zero-order valence-electron chi connectivity index (χ0n) is 11.5. The van der Waals surface area contributed by atoms with Crippen molar-refractivity contribution in [2.75, 3.05) is 13.7 Å². The number of halogens is 2. The SMILES string of the molecule is CCNC(c1ccc(F)cc1)c1ccc(OC)c(F)c1. The quantitative estimate of drug-likeness (QED) is 0.900. The molecule has 0 radical (unpaired) electrons. The third-order valence-corrected chi connectivity index (χ3v) is 3.12. The van der Waals surface area contributed by atoms with Crippen molar-refractivity contribution in [3.05, 3.63) is 65.2 Å². The molecule has 0 bridgehead atoms. The van der Waals surface area contributed by atoms with Crippen molar-refractivity contribution < 1.29 is 13.5 Å². The topological polar surface area (TPSA) is 21.3 Å². The van der Waals surface area contributed by atoms with Crippen LogP contribution in [0.4, 0.5) is 8.78 Å². The van der Waals surface area contributed by atoms with Crippen LogP contribution < -0.4 is 10.1 Å². The lowest BCUT2D eigenvalue weighted by Gasteiger charge is -2.19. The Labute approximate surface area is 117 Å². The summed E-state index contributed by atoms with van der Waals surface area (Å²) in [6.07, 6.45) is 0. The monoisotopic (exact) mass is 277 g/mol. The first kappa shape index (κ1) is 14.5. The minimum absolute atomic E-state index is 0.180. The van der Waals surface area contributed by atoms with Crippen LogP contribution >= 0.6 is 0 Å². The van der Waals surface area contributed by atoms with Gasteiger partial charge in [0.2, 0.25) is 0 Å². The maximum Gasteiger partial charge on any atom is 0.165 e. The Morgan fingerprint density at radius 2 is 1.70 bits per heavy atom. The Balaban J connectivity index is 2.37. The van der Waals surface area contributed by atoms with Crippen LogP contribution in [0.15, 0.2) is 42.5 Å². The van der Waals surface area contributed by atoms with E-state index in [4.69, 9.17) is 4.74 Å². The zero-order chi connectivity index (χ0) is 14.5. The van der Waals surface area contributed by atoms with Gasteiger partial charge in [-0.3, -0.25) is 0 Å². The molecule has 1 atom stereocenters. The lowest BCUT2D eigenvalue weighted by molar-refractivity contribution is 0.385. The molecule has 2 aromatic rings. The number of benzene rings is 2. The Morgan fingerprint density at radius 3 is 2.25 bits per heavy atom. The van der Waals surface area contributed by atoms with Gasteiger partial charge in [0.05, 0.1) is 13.2 Å². The molecule has 0 saturated heterocycles. The first-order chi connectivity index (χ1) is 9.65. The van der Waals surface area contributed by atoms with Crippen molar-refractivity contribution in [2.45, 2.75) is 13.0 Å². The van der Waals surface area contributed by atoms with Gasteiger partial charge in [-0.1, -0.05) is 25.1 Å². The van der Waals surface area contributed by atoms with Crippen molar-refractivity contribution in [3.8, 4) is 5.75 Å². The van der Waals surface area contributed by atoms with E-state index >= 15 is 0 Å². The zero-order valence-corrected chi connectivity index (χ0v) is 11.5. The number of hydrogen-bond donors (Lipinski definition) is 1. The summed E-state index contributed by atoms with van der Waals surface area (Å²) in [5.41, 5.74) is 1.66. The van der Waals surface area contributed by atoms with E-state index in [2.05, 4.69) is 5.32 Å². The van der Waals surface area contributed by atoms with Gasteiger partial charge in [0.1, 0.15) is 5.82 Å². The molecule has 0 aliphatic carbocycles. The first-order valence-electron chi connectivity index (χ1n) is 6.48. The third-order valence-electron chi connectivity index (χ3n) is 3.12. The predicted molar refractivity (Wildman–Crippen MR) is 74.9 cm³/mol. The highest BCUT2D eigenvalue weighted by molar-refractivity contribution is 5.36. The van der Waals surface area contributed by atoms with E-state index in [9.17, 15) is 8.78 Å². The molecule has 0 aromatic heterocycles. The smallest absolute Gasteiger partial charge is 0.165 e. The molecular weight excluding hydrogens is 260 g/mol. The molecule has 1 unspecified atom stereocenters. The molecule has 106 valence electrons. The van der Waals surface area contributed by atoms with Gasteiger partial charge < -0.3 is 10.1 Å². The summed E-state index contributed by atoms with van der Waals surface area (Å²) in [5.74, 6) is -0.483. The van der Waals surface area contributed by atoms with Crippen LogP contribution in [0.2, 0.25) is 0 Å². The van der Waals surface area contributed by atoms with Gasteiger partial charge in [-0.05, 0) is 41.9 Å². The molecule has 0 aliphatic heterocycles. The van der Waals surface area contributed by atoms with Crippen LogP contribution in [0.3, 0.4) is 0 Å². The molecule has 0 aliphatic rings. The summed E-state index contributed by atoms with van der Waals surface area (Å²) in [6, 6.07) is 10.9. The van der Waals surface area contributed by atoms with E-state index in [0.29, 0.717) is 0 Å². The van der Waals surface area contributed by atoms with Crippen LogP contribution in [0.1, 0.15) is 24.1 Å². The Kier molecular flexibility index (Phi) is 4.69. The number of ether oxygens (including phenoxy) is 1. The summed E-state index contributed by atoms with van der Waals surface area (Å²) in [6.45, 7) is 2.69. The highest BCUT2D eigenvalue weighted by atomic mass is 19.1. The van der Waals surface area contributed by atoms with Gasteiger partial charge in [0.15, 0.2) is 11.6 Å². The van der Waals surface area contributed by atoms with Crippen molar-refractivity contribution in [1.82, 2.24) is 5.32 Å². The van der Waals surface area contributed by atoms with Gasteiger partial charge in [0.25, 0.3) is 0 Å². The largest absolute Gasteiger partial charge is 0.494 e. The fourth-order valence-corrected chi connectivity index (χ4v) is 2.15. The maximum absolute atomic E-state index is 13.8. The summed E-state index contributed by atoms with van der Waals surface area (Å²) < 4.78 is 31.7. The highest BCUT2D eigenvalue weighted by Gasteiger charge is 2.15. The number of methoxy groups -OCH3 is 1. The molecule has 2 rings (SSSR count). The van der Waals surface area contributed by atoms with Gasteiger partial charge in [0, 0.05) is 0 Å². The maximum atomic E-state index is 13.8. The van der Waals surface area contributed by atoms with Crippen LogP contribution in [0.5, 0.6) is 5.75 Å². The second-order valence-electron chi connectivity index (χ2n) is 4.44. The molecule has 0 heterocycles. The number of hydrogen-bond acceptors (Lipinski definition) is 2. The fraction of sp³-hybridized carbons (Fsp3) is 0.250. The molecule has 0 spiro atoms. The second kappa shape index (κ2) is 6.48. The summed E-state index contributed by atoms with van der Waals surface area (Å²) in [7, 11) is 1.43. The van der Waals surface area contributed by atoms with Crippen LogP contribution in [0.25, 0.3) is 0 Å². The molecular formula is C16H17F2NO. The average molecular weight is 277 g/mol. The Hall–Kier alpha value is -1.94. The molecule has 2 aromatic carbocycles. The van der Waals surface area contributed by atoms with Gasteiger partial charge in [-0.2, -0.15) is 0 Å². The Morgan fingerprint density at radius 1 is 1.05 bits per heavy atom. The molecule has 1 N–H and O–H groups in total. The van der Waals surface area contributed by atoms with Crippen molar-refractivity contribution in [2.24, 2.45) is 0 Å². The van der Waals surface area contributed by atoms with Gasteiger partial charge in [-0.15, -0.1) is 0 Å². The van der Waals surface area contributed by atoms with E-state index in [1.54, 1.807) is 24.3 Å². The minimum Gasteiger partial charge on any atom is -0.494 e. The molecule has 0 fully saturated rings.